The van der Waals surface area contributed by atoms with Crippen LogP contribution in [0.3, 0.4) is 0 Å². The van der Waals surface area contributed by atoms with Crippen molar-refractivity contribution in [3.8, 4) is 5.75 Å². The fourth-order valence-electron chi connectivity index (χ4n) is 2.48. The molecule has 2 rings (SSSR count). The normalized spacial score (nSPS) is 17.7. The maximum absolute atomic E-state index is 11.0. The lowest BCUT2D eigenvalue weighted by Gasteiger charge is -2.12. The number of hydrogen-bond donors (Lipinski definition) is 2. The Labute approximate surface area is 125 Å². The first-order chi connectivity index (χ1) is 10.2. The highest BCUT2D eigenvalue weighted by atomic mass is 16.6. The van der Waals surface area contributed by atoms with Crippen LogP contribution in [0.4, 0.5) is 11.4 Å². The van der Waals surface area contributed by atoms with Gasteiger partial charge in [-0.25, -0.2) is 0 Å². The molecule has 1 atom stereocenters. The summed E-state index contributed by atoms with van der Waals surface area (Å²) >= 11 is 0. The lowest BCUT2D eigenvalue weighted by Crippen LogP contribution is -2.12. The second-order valence-electron chi connectivity index (χ2n) is 5.40. The predicted octanol–water partition coefficient (Wildman–Crippen LogP) is 2.80. The van der Waals surface area contributed by atoms with Gasteiger partial charge in [0.05, 0.1) is 17.6 Å². The molecule has 0 amide bonds. The molecule has 1 aliphatic rings. The Morgan fingerprint density at radius 1 is 1.48 bits per heavy atom. The molecule has 0 radical (unpaired) electrons. The summed E-state index contributed by atoms with van der Waals surface area (Å²) in [6.45, 7) is 5.55. The maximum atomic E-state index is 11.0. The van der Waals surface area contributed by atoms with Crippen LogP contribution in [0, 0.1) is 16.0 Å². The monoisotopic (exact) mass is 293 g/mol. The molecule has 1 fully saturated rings. The molecule has 1 saturated heterocycles. The molecule has 1 unspecified atom stereocenters. The molecule has 1 heterocycles. The van der Waals surface area contributed by atoms with Crippen molar-refractivity contribution in [2.75, 3.05) is 31.6 Å². The van der Waals surface area contributed by atoms with E-state index in [9.17, 15) is 10.1 Å². The molecular weight excluding hydrogens is 270 g/mol. The third-order valence-electron chi connectivity index (χ3n) is 3.62. The maximum Gasteiger partial charge on any atom is 0.275 e. The van der Waals surface area contributed by atoms with Crippen molar-refractivity contribution in [3.05, 3.63) is 28.3 Å². The van der Waals surface area contributed by atoms with Gasteiger partial charge in [-0.1, -0.05) is 6.92 Å². The first kappa shape index (κ1) is 15.6. The van der Waals surface area contributed by atoms with Crippen LogP contribution in [0.15, 0.2) is 18.2 Å². The minimum Gasteiger partial charge on any atom is -0.493 e. The first-order valence-corrected chi connectivity index (χ1v) is 7.56. The molecule has 1 aromatic carbocycles. The zero-order valence-electron chi connectivity index (χ0n) is 12.4. The second-order valence-corrected chi connectivity index (χ2v) is 5.40. The predicted molar refractivity (Wildman–Crippen MR) is 83.0 cm³/mol. The topological polar surface area (TPSA) is 76.4 Å². The lowest BCUT2D eigenvalue weighted by atomic mass is 10.1. The number of non-ortho nitro benzene ring substituents is 1. The summed E-state index contributed by atoms with van der Waals surface area (Å²) in [4.78, 5) is 10.6. The highest BCUT2D eigenvalue weighted by Gasteiger charge is 2.14. The minimum absolute atomic E-state index is 0.0636. The van der Waals surface area contributed by atoms with Gasteiger partial charge in [-0.2, -0.15) is 0 Å². The number of nitrogens with one attached hydrogen (secondary N) is 2. The molecule has 21 heavy (non-hydrogen) atoms. The van der Waals surface area contributed by atoms with Crippen LogP contribution < -0.4 is 15.4 Å². The van der Waals surface area contributed by atoms with E-state index >= 15 is 0 Å². The third-order valence-corrected chi connectivity index (χ3v) is 3.62. The van der Waals surface area contributed by atoms with Crippen LogP contribution in [0.5, 0.6) is 5.75 Å². The molecule has 116 valence electrons. The van der Waals surface area contributed by atoms with Crippen LogP contribution in [0.1, 0.15) is 26.2 Å². The van der Waals surface area contributed by atoms with Crippen LogP contribution in [-0.2, 0) is 0 Å². The van der Waals surface area contributed by atoms with E-state index in [-0.39, 0.29) is 10.6 Å². The highest BCUT2D eigenvalue weighted by molar-refractivity contribution is 5.56. The molecule has 6 nitrogen and oxygen atoms in total. The number of nitro benzene ring substituents is 1. The van der Waals surface area contributed by atoms with Crippen LogP contribution in [0.25, 0.3) is 0 Å². The van der Waals surface area contributed by atoms with Crippen LogP contribution in [0.2, 0.25) is 0 Å². The van der Waals surface area contributed by atoms with Gasteiger partial charge < -0.3 is 15.4 Å². The molecule has 0 aromatic heterocycles. The largest absolute Gasteiger partial charge is 0.493 e. The summed E-state index contributed by atoms with van der Waals surface area (Å²) in [6.07, 6.45) is 3.16. The smallest absolute Gasteiger partial charge is 0.275 e. The molecule has 0 aliphatic carbocycles. The van der Waals surface area contributed by atoms with Crippen molar-refractivity contribution in [2.45, 2.75) is 26.2 Å². The standard InChI is InChI=1S/C15H23N3O3/c1-2-7-21-15-9-13(8-14(10-15)18(19)20)17-6-4-12-3-5-16-11-12/h8-10,12,16-17H,2-7,11H2,1H3. The Morgan fingerprint density at radius 3 is 3.00 bits per heavy atom. The van der Waals surface area contributed by atoms with E-state index in [1.807, 2.05) is 13.0 Å². The summed E-state index contributed by atoms with van der Waals surface area (Å²) in [7, 11) is 0. The van der Waals surface area contributed by atoms with E-state index in [0.717, 1.165) is 38.2 Å². The van der Waals surface area contributed by atoms with E-state index in [4.69, 9.17) is 4.74 Å². The van der Waals surface area contributed by atoms with Crippen molar-refractivity contribution in [1.29, 1.82) is 0 Å². The number of anilines is 1. The van der Waals surface area contributed by atoms with Crippen LogP contribution in [-0.4, -0.2) is 31.2 Å². The highest BCUT2D eigenvalue weighted by Crippen LogP contribution is 2.26. The Kier molecular flexibility index (Phi) is 5.80. The van der Waals surface area contributed by atoms with E-state index < -0.39 is 0 Å². The molecule has 1 aromatic rings. The molecule has 1 aliphatic heterocycles. The average Bonchev–Trinajstić information content (AvgIpc) is 2.98. The lowest BCUT2D eigenvalue weighted by molar-refractivity contribution is -0.384. The summed E-state index contributed by atoms with van der Waals surface area (Å²) in [5.74, 6) is 1.25. The molecule has 0 saturated carbocycles. The van der Waals surface area contributed by atoms with Gasteiger partial charge in [0.2, 0.25) is 0 Å². The molecule has 2 N–H and O–H groups in total. The van der Waals surface area contributed by atoms with E-state index in [1.165, 1.54) is 12.5 Å². The van der Waals surface area contributed by atoms with Gasteiger partial charge in [0.15, 0.2) is 0 Å². The summed E-state index contributed by atoms with van der Waals surface area (Å²) < 4.78 is 5.51. The van der Waals surface area contributed by atoms with E-state index in [0.29, 0.717) is 18.3 Å². The summed E-state index contributed by atoms with van der Waals surface area (Å²) in [5.41, 5.74) is 0.815. The SMILES string of the molecule is CCCOc1cc(NCCC2CCNC2)cc([N+](=O)[O-])c1. The second kappa shape index (κ2) is 7.83. The number of nitrogens with zero attached hydrogens (tertiary/aromatic N) is 1. The summed E-state index contributed by atoms with van der Waals surface area (Å²) in [5, 5.41) is 17.6. The van der Waals surface area contributed by atoms with Gasteiger partial charge in [-0.05, 0) is 38.3 Å². The number of benzene rings is 1. The van der Waals surface area contributed by atoms with Gasteiger partial charge in [-0.15, -0.1) is 0 Å². The van der Waals surface area contributed by atoms with Gasteiger partial charge in [-0.3, -0.25) is 10.1 Å². The first-order valence-electron chi connectivity index (χ1n) is 7.56. The molecule has 6 heteroatoms. The van der Waals surface area contributed by atoms with Crippen molar-refractivity contribution in [3.63, 3.8) is 0 Å². The van der Waals surface area contributed by atoms with Crippen molar-refractivity contribution < 1.29 is 9.66 Å². The van der Waals surface area contributed by atoms with Crippen molar-refractivity contribution >= 4 is 11.4 Å². The molecule has 0 bridgehead atoms. The van der Waals surface area contributed by atoms with Gasteiger partial charge in [0.1, 0.15) is 5.75 Å². The third kappa shape index (κ3) is 4.90. The fourth-order valence-corrected chi connectivity index (χ4v) is 2.48. The zero-order valence-corrected chi connectivity index (χ0v) is 12.4. The number of rotatable bonds is 8. The molecule has 0 spiro atoms. The van der Waals surface area contributed by atoms with E-state index in [2.05, 4.69) is 10.6 Å². The fraction of sp³-hybridized carbons (Fsp3) is 0.600. The number of ether oxygens (including phenoxy) is 1. The van der Waals surface area contributed by atoms with E-state index in [1.54, 1.807) is 6.07 Å². The number of nitro groups is 1. The molecular formula is C15H23N3O3. The quantitative estimate of drug-likeness (QED) is 0.569. The van der Waals surface area contributed by atoms with Gasteiger partial charge >= 0.3 is 0 Å². The van der Waals surface area contributed by atoms with Crippen molar-refractivity contribution in [1.82, 2.24) is 5.32 Å². The zero-order chi connectivity index (χ0) is 15.1. The average molecular weight is 293 g/mol. The Balaban J connectivity index is 1.95. The Hall–Kier alpha value is -1.82. The Morgan fingerprint density at radius 2 is 2.33 bits per heavy atom. The minimum atomic E-state index is -0.384. The Bertz CT molecular complexity index is 473. The van der Waals surface area contributed by atoms with Gasteiger partial charge in [0, 0.05) is 24.4 Å². The van der Waals surface area contributed by atoms with Crippen molar-refractivity contribution in [2.24, 2.45) is 5.92 Å². The van der Waals surface area contributed by atoms with Gasteiger partial charge in [0.25, 0.3) is 5.69 Å². The number of hydrogen-bond acceptors (Lipinski definition) is 5. The summed E-state index contributed by atoms with van der Waals surface area (Å²) in [6, 6.07) is 4.86. The van der Waals surface area contributed by atoms with Crippen LogP contribution >= 0.6 is 0 Å².